The van der Waals surface area contributed by atoms with Gasteiger partial charge in [0.25, 0.3) is 0 Å². The smallest absolute Gasteiger partial charge is 0.412 e. The van der Waals surface area contributed by atoms with Crippen LogP contribution >= 0.6 is 0 Å². The number of methoxy groups -OCH3 is 1. The maximum absolute atomic E-state index is 14.0. The predicted molar refractivity (Wildman–Crippen MR) is 77.4 cm³/mol. The number of hydrogen-bond acceptors (Lipinski definition) is 3. The summed E-state index contributed by atoms with van der Waals surface area (Å²) in [4.78, 5) is 13.5. The van der Waals surface area contributed by atoms with Crippen LogP contribution < -0.4 is 0 Å². The topological polar surface area (TPSA) is 38.8 Å². The summed E-state index contributed by atoms with van der Waals surface area (Å²) >= 11 is 0. The lowest BCUT2D eigenvalue weighted by atomic mass is 9.96. The summed E-state index contributed by atoms with van der Waals surface area (Å²) in [5.41, 5.74) is -1.07. The van der Waals surface area contributed by atoms with Crippen molar-refractivity contribution in [2.45, 2.75) is 44.9 Å². The molecule has 1 aliphatic heterocycles. The maximum Gasteiger partial charge on any atom is 0.412 e. The lowest BCUT2D eigenvalue weighted by Crippen LogP contribution is -2.40. The lowest BCUT2D eigenvalue weighted by Gasteiger charge is -2.27. The summed E-state index contributed by atoms with van der Waals surface area (Å²) in [5, 5.41) is 0. The SMILES string of the molecule is COC1C[C@H](c2c(F)ccc(F)c2F)CN1C(=O)OC(C)(C)C. The number of ether oxygens (including phenoxy) is 2. The number of amides is 1. The molecule has 1 saturated heterocycles. The van der Waals surface area contributed by atoms with Gasteiger partial charge in [0.05, 0.1) is 0 Å². The Balaban J connectivity index is 2.26. The van der Waals surface area contributed by atoms with E-state index in [9.17, 15) is 18.0 Å². The van der Waals surface area contributed by atoms with Crippen LogP contribution in [0.4, 0.5) is 18.0 Å². The fraction of sp³-hybridized carbons (Fsp3) is 0.562. The van der Waals surface area contributed by atoms with E-state index in [1.165, 1.54) is 12.0 Å². The first-order chi connectivity index (χ1) is 10.6. The number of carbonyl (C=O) groups excluding carboxylic acids is 1. The number of nitrogens with zero attached hydrogens (tertiary/aromatic N) is 1. The molecule has 0 saturated carbocycles. The Morgan fingerprint density at radius 1 is 1.22 bits per heavy atom. The first-order valence-electron chi connectivity index (χ1n) is 7.30. The number of benzene rings is 1. The molecule has 2 rings (SSSR count). The minimum absolute atomic E-state index is 0.00921. The zero-order valence-electron chi connectivity index (χ0n) is 13.5. The van der Waals surface area contributed by atoms with Gasteiger partial charge in [0.1, 0.15) is 17.6 Å². The van der Waals surface area contributed by atoms with E-state index < -0.39 is 41.3 Å². The van der Waals surface area contributed by atoms with Crippen molar-refractivity contribution < 1.29 is 27.4 Å². The number of hydrogen-bond donors (Lipinski definition) is 0. The molecule has 2 atom stereocenters. The summed E-state index contributed by atoms with van der Waals surface area (Å²) in [6.07, 6.45) is -1.16. The molecule has 4 nitrogen and oxygen atoms in total. The Bertz CT molecular complexity index is 601. The van der Waals surface area contributed by atoms with Crippen molar-refractivity contribution in [3.05, 3.63) is 35.1 Å². The lowest BCUT2D eigenvalue weighted by molar-refractivity contribution is -0.0305. The van der Waals surface area contributed by atoms with Crippen LogP contribution in [-0.4, -0.2) is 36.5 Å². The Morgan fingerprint density at radius 3 is 2.39 bits per heavy atom. The third-order valence-corrected chi connectivity index (χ3v) is 3.64. The second kappa shape index (κ2) is 6.39. The van der Waals surface area contributed by atoms with Crippen LogP contribution in [0.1, 0.15) is 38.7 Å². The fourth-order valence-corrected chi connectivity index (χ4v) is 2.66. The van der Waals surface area contributed by atoms with Crippen LogP contribution in [-0.2, 0) is 9.47 Å². The Labute approximate surface area is 133 Å². The first kappa shape index (κ1) is 17.6. The van der Waals surface area contributed by atoms with Crippen molar-refractivity contribution >= 4 is 6.09 Å². The van der Waals surface area contributed by atoms with Gasteiger partial charge in [-0.3, -0.25) is 4.90 Å². The van der Waals surface area contributed by atoms with E-state index in [4.69, 9.17) is 9.47 Å². The minimum atomic E-state index is -1.23. The Kier molecular flexibility index (Phi) is 4.89. The van der Waals surface area contributed by atoms with Crippen molar-refractivity contribution in [3.63, 3.8) is 0 Å². The summed E-state index contributed by atoms with van der Waals surface area (Å²) < 4.78 is 51.8. The van der Waals surface area contributed by atoms with E-state index in [0.29, 0.717) is 0 Å². The largest absolute Gasteiger partial charge is 0.444 e. The van der Waals surface area contributed by atoms with Crippen LogP contribution in [0.5, 0.6) is 0 Å². The molecule has 0 spiro atoms. The molecule has 0 N–H and O–H groups in total. The summed E-state index contributed by atoms with van der Waals surface area (Å²) in [7, 11) is 1.39. The second-order valence-corrected chi connectivity index (χ2v) is 6.51. The highest BCUT2D eigenvalue weighted by Gasteiger charge is 2.40. The van der Waals surface area contributed by atoms with E-state index >= 15 is 0 Å². The molecule has 1 aromatic carbocycles. The highest BCUT2D eigenvalue weighted by Crippen LogP contribution is 2.36. The van der Waals surface area contributed by atoms with Crippen LogP contribution in [0, 0.1) is 17.5 Å². The predicted octanol–water partition coefficient (Wildman–Crippen LogP) is 3.80. The van der Waals surface area contributed by atoms with Gasteiger partial charge in [-0.2, -0.15) is 0 Å². The first-order valence-corrected chi connectivity index (χ1v) is 7.30. The van der Waals surface area contributed by atoms with E-state index in [1.54, 1.807) is 20.8 Å². The molecule has 1 unspecified atom stereocenters. The summed E-state index contributed by atoms with van der Waals surface area (Å²) in [6.45, 7) is 5.13. The van der Waals surface area contributed by atoms with Crippen molar-refractivity contribution in [1.82, 2.24) is 4.90 Å². The molecule has 1 heterocycles. The monoisotopic (exact) mass is 331 g/mol. The third kappa shape index (κ3) is 3.77. The zero-order valence-corrected chi connectivity index (χ0v) is 13.5. The molecule has 0 bridgehead atoms. The molecule has 1 aliphatic rings. The standard InChI is InChI=1S/C16H20F3NO3/c1-16(2,3)23-15(21)20-8-9(7-12(20)22-4)13-10(17)5-6-11(18)14(13)19/h5-6,9,12H,7-8H2,1-4H3/t9-,12?/m0/s1. The molecule has 0 radical (unpaired) electrons. The molecule has 1 amide bonds. The molecular weight excluding hydrogens is 311 g/mol. The van der Waals surface area contributed by atoms with Gasteiger partial charge < -0.3 is 9.47 Å². The molecule has 1 fully saturated rings. The maximum atomic E-state index is 14.0. The van der Waals surface area contributed by atoms with Crippen molar-refractivity contribution in [2.75, 3.05) is 13.7 Å². The van der Waals surface area contributed by atoms with Crippen molar-refractivity contribution in [3.8, 4) is 0 Å². The van der Waals surface area contributed by atoms with Crippen LogP contribution in [0.2, 0.25) is 0 Å². The highest BCUT2D eigenvalue weighted by molar-refractivity contribution is 5.69. The van der Waals surface area contributed by atoms with Gasteiger partial charge in [-0.05, 0) is 32.9 Å². The summed E-state index contributed by atoms with van der Waals surface area (Å²) in [5.74, 6) is -3.89. The number of likely N-dealkylation sites (tertiary alicyclic amines) is 1. The van der Waals surface area contributed by atoms with E-state index in [0.717, 1.165) is 12.1 Å². The third-order valence-electron chi connectivity index (χ3n) is 3.64. The summed E-state index contributed by atoms with van der Waals surface area (Å²) in [6, 6.07) is 1.62. The van der Waals surface area contributed by atoms with Gasteiger partial charge in [0.2, 0.25) is 0 Å². The van der Waals surface area contributed by atoms with Crippen molar-refractivity contribution in [2.24, 2.45) is 0 Å². The molecule has 7 heteroatoms. The van der Waals surface area contributed by atoms with Gasteiger partial charge in [0.15, 0.2) is 11.6 Å². The van der Waals surface area contributed by atoms with Gasteiger partial charge in [0, 0.05) is 31.6 Å². The molecule has 128 valence electrons. The molecular formula is C16H20F3NO3. The van der Waals surface area contributed by atoms with E-state index in [1.807, 2.05) is 0 Å². The number of rotatable bonds is 2. The van der Waals surface area contributed by atoms with Gasteiger partial charge in [-0.25, -0.2) is 18.0 Å². The number of halogens is 3. The van der Waals surface area contributed by atoms with E-state index in [2.05, 4.69) is 0 Å². The molecule has 1 aromatic rings. The van der Waals surface area contributed by atoms with Gasteiger partial charge >= 0.3 is 6.09 Å². The normalized spacial score (nSPS) is 21.6. The average molecular weight is 331 g/mol. The molecule has 0 aromatic heterocycles. The van der Waals surface area contributed by atoms with Crippen molar-refractivity contribution in [1.29, 1.82) is 0 Å². The average Bonchev–Trinajstić information content (AvgIpc) is 2.85. The zero-order chi connectivity index (χ0) is 17.4. The quantitative estimate of drug-likeness (QED) is 0.774. The highest BCUT2D eigenvalue weighted by atomic mass is 19.2. The molecule has 23 heavy (non-hydrogen) atoms. The minimum Gasteiger partial charge on any atom is -0.444 e. The fourth-order valence-electron chi connectivity index (χ4n) is 2.66. The van der Waals surface area contributed by atoms with E-state index in [-0.39, 0.29) is 18.5 Å². The Hall–Kier alpha value is -1.76. The second-order valence-electron chi connectivity index (χ2n) is 6.51. The molecule has 0 aliphatic carbocycles. The van der Waals surface area contributed by atoms with Crippen LogP contribution in [0.15, 0.2) is 12.1 Å². The Morgan fingerprint density at radius 2 is 1.83 bits per heavy atom. The number of carbonyl (C=O) groups is 1. The van der Waals surface area contributed by atoms with Gasteiger partial charge in [-0.15, -0.1) is 0 Å². The van der Waals surface area contributed by atoms with Crippen LogP contribution in [0.3, 0.4) is 0 Å². The van der Waals surface area contributed by atoms with Crippen LogP contribution in [0.25, 0.3) is 0 Å². The van der Waals surface area contributed by atoms with Gasteiger partial charge in [-0.1, -0.05) is 0 Å².